The molecule has 3 rings (SSSR count). The largest absolute Gasteiger partial charge is 0.366 e. The van der Waals surface area contributed by atoms with E-state index in [1.54, 1.807) is 19.1 Å². The first-order valence-electron chi connectivity index (χ1n) is 6.00. The third-order valence-corrected chi connectivity index (χ3v) is 3.22. The van der Waals surface area contributed by atoms with E-state index in [1.165, 1.54) is 23.1 Å². The maximum absolute atomic E-state index is 13.5. The average molecular weight is 273 g/mol. The predicted octanol–water partition coefficient (Wildman–Crippen LogP) is 1.19. The lowest BCUT2D eigenvalue weighted by molar-refractivity contribution is -0.115. The highest BCUT2D eigenvalue weighted by atomic mass is 19.1. The SMILES string of the molecule is CC1=C(C(N)=O)[C@@H](c2cccc(F)c2)n2ncnc2N1. The van der Waals surface area contributed by atoms with Gasteiger partial charge in [0, 0.05) is 5.70 Å². The molecule has 1 aliphatic rings. The van der Waals surface area contributed by atoms with E-state index in [1.807, 2.05) is 0 Å². The number of carbonyl (C=O) groups excluding carboxylic acids is 1. The van der Waals surface area contributed by atoms with Gasteiger partial charge >= 0.3 is 0 Å². The van der Waals surface area contributed by atoms with Crippen LogP contribution in [0, 0.1) is 5.82 Å². The highest BCUT2D eigenvalue weighted by molar-refractivity contribution is 5.95. The second kappa shape index (κ2) is 4.44. The predicted molar refractivity (Wildman–Crippen MR) is 70.1 cm³/mol. The summed E-state index contributed by atoms with van der Waals surface area (Å²) in [4.78, 5) is 15.8. The van der Waals surface area contributed by atoms with Crippen LogP contribution in [0.5, 0.6) is 0 Å². The van der Waals surface area contributed by atoms with Crippen molar-refractivity contribution in [3.05, 3.63) is 53.2 Å². The Balaban J connectivity index is 2.22. The number of nitrogens with two attached hydrogens (primary N) is 1. The zero-order chi connectivity index (χ0) is 14.3. The standard InChI is InChI=1S/C13H12FN5O/c1-7-10(12(15)20)11(8-3-2-4-9(14)5-8)19-13(18-7)16-6-17-19/h2-6,11H,1H3,(H2,15,20)(H,16,17,18)/t11-/m1/s1. The van der Waals surface area contributed by atoms with Crippen LogP contribution in [-0.2, 0) is 4.79 Å². The lowest BCUT2D eigenvalue weighted by atomic mass is 9.95. The van der Waals surface area contributed by atoms with Crippen molar-refractivity contribution in [3.8, 4) is 0 Å². The van der Waals surface area contributed by atoms with Crippen LogP contribution in [0.2, 0.25) is 0 Å². The van der Waals surface area contributed by atoms with Crippen molar-refractivity contribution in [1.29, 1.82) is 0 Å². The number of halogens is 1. The first-order valence-corrected chi connectivity index (χ1v) is 6.00. The zero-order valence-electron chi connectivity index (χ0n) is 10.7. The van der Waals surface area contributed by atoms with Crippen molar-refractivity contribution in [2.45, 2.75) is 13.0 Å². The van der Waals surface area contributed by atoms with Gasteiger partial charge in [-0.05, 0) is 24.6 Å². The molecule has 0 bridgehead atoms. The fourth-order valence-electron chi connectivity index (χ4n) is 2.39. The van der Waals surface area contributed by atoms with Crippen molar-refractivity contribution in [2.75, 3.05) is 5.32 Å². The quantitative estimate of drug-likeness (QED) is 0.860. The van der Waals surface area contributed by atoms with E-state index < -0.39 is 11.9 Å². The number of aromatic nitrogens is 3. The maximum atomic E-state index is 13.5. The molecule has 6 nitrogen and oxygen atoms in total. The summed E-state index contributed by atoms with van der Waals surface area (Å²) in [5.41, 5.74) is 6.98. The van der Waals surface area contributed by atoms with Crippen LogP contribution in [0.25, 0.3) is 0 Å². The molecule has 2 aromatic rings. The average Bonchev–Trinajstić information content (AvgIpc) is 2.84. The van der Waals surface area contributed by atoms with Gasteiger partial charge in [-0.2, -0.15) is 10.1 Å². The van der Waals surface area contributed by atoms with Gasteiger partial charge in [-0.25, -0.2) is 9.07 Å². The minimum absolute atomic E-state index is 0.341. The number of hydrogen-bond acceptors (Lipinski definition) is 4. The summed E-state index contributed by atoms with van der Waals surface area (Å²) in [6.45, 7) is 1.73. The van der Waals surface area contributed by atoms with Gasteiger partial charge in [0.25, 0.3) is 0 Å². The van der Waals surface area contributed by atoms with Crippen molar-refractivity contribution < 1.29 is 9.18 Å². The van der Waals surface area contributed by atoms with Crippen LogP contribution in [0.1, 0.15) is 18.5 Å². The molecule has 102 valence electrons. The number of benzene rings is 1. The van der Waals surface area contributed by atoms with Crippen LogP contribution in [0.3, 0.4) is 0 Å². The molecule has 1 atom stereocenters. The molecule has 0 radical (unpaired) electrons. The number of hydrogen-bond donors (Lipinski definition) is 2. The molecule has 0 aliphatic carbocycles. The second-order valence-electron chi connectivity index (χ2n) is 4.51. The summed E-state index contributed by atoms with van der Waals surface area (Å²) in [5, 5.41) is 7.05. The van der Waals surface area contributed by atoms with Gasteiger partial charge in [0.15, 0.2) is 0 Å². The lowest BCUT2D eigenvalue weighted by Gasteiger charge is -2.27. The molecule has 0 saturated heterocycles. The Morgan fingerprint density at radius 3 is 3.00 bits per heavy atom. The number of nitrogens with one attached hydrogen (secondary N) is 1. The molecular formula is C13H12FN5O. The monoisotopic (exact) mass is 273 g/mol. The first-order chi connectivity index (χ1) is 9.58. The smallest absolute Gasteiger partial charge is 0.248 e. The number of fused-ring (bicyclic) bond motifs is 1. The van der Waals surface area contributed by atoms with Gasteiger partial charge in [-0.1, -0.05) is 12.1 Å². The summed E-state index contributed by atoms with van der Waals surface area (Å²) in [6.07, 6.45) is 1.37. The van der Waals surface area contributed by atoms with E-state index >= 15 is 0 Å². The normalized spacial score (nSPS) is 17.6. The topological polar surface area (TPSA) is 85.8 Å². The van der Waals surface area contributed by atoms with Crippen LogP contribution >= 0.6 is 0 Å². The number of rotatable bonds is 2. The van der Waals surface area contributed by atoms with Gasteiger partial charge in [0.05, 0.1) is 5.57 Å². The molecule has 1 amide bonds. The van der Waals surface area contributed by atoms with Gasteiger partial charge in [0.2, 0.25) is 11.9 Å². The third-order valence-electron chi connectivity index (χ3n) is 3.22. The van der Waals surface area contributed by atoms with E-state index in [4.69, 9.17) is 5.73 Å². The molecular weight excluding hydrogens is 261 g/mol. The highest BCUT2D eigenvalue weighted by Gasteiger charge is 2.32. The molecule has 0 saturated carbocycles. The third kappa shape index (κ3) is 1.83. The molecule has 1 aliphatic heterocycles. The van der Waals surface area contributed by atoms with E-state index in [9.17, 15) is 9.18 Å². The minimum atomic E-state index is -0.582. The number of allylic oxidation sites excluding steroid dienone is 1. The Labute approximate surface area is 114 Å². The zero-order valence-corrected chi connectivity index (χ0v) is 10.7. The lowest BCUT2D eigenvalue weighted by Crippen LogP contribution is -2.31. The maximum Gasteiger partial charge on any atom is 0.248 e. The van der Waals surface area contributed by atoms with Gasteiger partial charge in [0.1, 0.15) is 18.2 Å². The van der Waals surface area contributed by atoms with Gasteiger partial charge in [-0.15, -0.1) is 0 Å². The van der Waals surface area contributed by atoms with Crippen molar-refractivity contribution in [2.24, 2.45) is 5.73 Å². The molecule has 7 heteroatoms. The molecule has 2 heterocycles. The first kappa shape index (κ1) is 12.3. The summed E-state index contributed by atoms with van der Waals surface area (Å²) < 4.78 is 15.0. The van der Waals surface area contributed by atoms with E-state index in [-0.39, 0.29) is 5.82 Å². The highest BCUT2D eigenvalue weighted by Crippen LogP contribution is 2.34. The van der Waals surface area contributed by atoms with Crippen molar-refractivity contribution >= 4 is 11.9 Å². The van der Waals surface area contributed by atoms with E-state index in [2.05, 4.69) is 15.4 Å². The number of amides is 1. The molecule has 0 fully saturated rings. The van der Waals surface area contributed by atoms with Crippen molar-refractivity contribution in [3.63, 3.8) is 0 Å². The summed E-state index contributed by atoms with van der Waals surface area (Å²) in [7, 11) is 0. The number of anilines is 1. The fraction of sp³-hybridized carbons (Fsp3) is 0.154. The number of primary amides is 1. The summed E-state index contributed by atoms with van der Waals surface area (Å²) in [5.74, 6) is -0.476. The summed E-state index contributed by atoms with van der Waals surface area (Å²) in [6, 6.07) is 5.42. The molecule has 20 heavy (non-hydrogen) atoms. The van der Waals surface area contributed by atoms with Crippen molar-refractivity contribution in [1.82, 2.24) is 14.8 Å². The van der Waals surface area contributed by atoms with E-state index in [0.717, 1.165) is 0 Å². The Hall–Kier alpha value is -2.70. The molecule has 1 aromatic heterocycles. The fourth-order valence-corrected chi connectivity index (χ4v) is 2.39. The summed E-state index contributed by atoms with van der Waals surface area (Å²) >= 11 is 0. The molecule has 0 spiro atoms. The molecule has 0 unspecified atom stereocenters. The number of carbonyl (C=O) groups is 1. The Kier molecular flexibility index (Phi) is 2.74. The van der Waals surface area contributed by atoms with Crippen LogP contribution in [0.15, 0.2) is 41.9 Å². The van der Waals surface area contributed by atoms with E-state index in [0.29, 0.717) is 22.8 Å². The molecule has 3 N–H and O–H groups in total. The van der Waals surface area contributed by atoms with Crippen LogP contribution < -0.4 is 11.1 Å². The van der Waals surface area contributed by atoms with Gasteiger partial charge < -0.3 is 11.1 Å². The Morgan fingerprint density at radius 1 is 1.50 bits per heavy atom. The Morgan fingerprint density at radius 2 is 2.30 bits per heavy atom. The Bertz CT molecular complexity index is 721. The number of nitrogens with zero attached hydrogens (tertiary/aromatic N) is 3. The minimum Gasteiger partial charge on any atom is -0.366 e. The second-order valence-corrected chi connectivity index (χ2v) is 4.51. The van der Waals surface area contributed by atoms with Gasteiger partial charge in [-0.3, -0.25) is 4.79 Å². The van der Waals surface area contributed by atoms with Crippen LogP contribution in [-0.4, -0.2) is 20.7 Å². The molecule has 1 aromatic carbocycles. The van der Waals surface area contributed by atoms with Crippen LogP contribution in [0.4, 0.5) is 10.3 Å².